The molecular formula is C44H42Si2. The highest BCUT2D eigenvalue weighted by Gasteiger charge is 2.28. The molecule has 7 aromatic carbocycles. The van der Waals surface area contributed by atoms with E-state index < -0.39 is 16.1 Å². The van der Waals surface area contributed by atoms with Gasteiger partial charge < -0.3 is 0 Å². The van der Waals surface area contributed by atoms with Crippen LogP contribution >= 0.6 is 0 Å². The van der Waals surface area contributed by atoms with Crippen molar-refractivity contribution in [1.29, 1.82) is 0 Å². The summed E-state index contributed by atoms with van der Waals surface area (Å²) in [6, 6.07) is 54.4. The Bertz CT molecular complexity index is 2010. The Kier molecular flexibility index (Phi) is 7.67. The summed E-state index contributed by atoms with van der Waals surface area (Å²) in [5, 5.41) is 8.31. The van der Waals surface area contributed by atoms with Crippen LogP contribution < -0.4 is 10.4 Å². The van der Waals surface area contributed by atoms with Gasteiger partial charge in [-0.1, -0.05) is 183 Å². The van der Waals surface area contributed by atoms with Gasteiger partial charge in [0.15, 0.2) is 0 Å². The van der Waals surface area contributed by atoms with E-state index in [-0.39, 0.29) is 0 Å². The van der Waals surface area contributed by atoms with Crippen molar-refractivity contribution in [2.75, 3.05) is 0 Å². The van der Waals surface area contributed by atoms with Crippen molar-refractivity contribution >= 4 is 48.1 Å². The van der Waals surface area contributed by atoms with Crippen molar-refractivity contribution < 1.29 is 0 Å². The fraction of sp³-hybridized carbons (Fsp3) is 0.136. The number of rotatable bonds is 6. The summed E-state index contributed by atoms with van der Waals surface area (Å²) in [7, 11) is -3.56. The average molecular weight is 627 g/mol. The van der Waals surface area contributed by atoms with E-state index in [1.54, 1.807) is 0 Å². The summed E-state index contributed by atoms with van der Waals surface area (Å²) >= 11 is 0. The van der Waals surface area contributed by atoms with Crippen LogP contribution in [0.4, 0.5) is 0 Å². The zero-order chi connectivity index (χ0) is 32.1. The molecule has 0 aliphatic heterocycles. The smallest absolute Gasteiger partial charge is 0.0656 e. The van der Waals surface area contributed by atoms with Gasteiger partial charge in [-0.15, -0.1) is 0 Å². The second-order valence-corrected chi connectivity index (χ2v) is 24.7. The molecule has 7 aromatic rings. The first-order valence-corrected chi connectivity index (χ1v) is 23.5. The van der Waals surface area contributed by atoms with Crippen molar-refractivity contribution in [3.8, 4) is 44.5 Å². The SMILES string of the molecule is C[Si](C)(C)c1cc2cc3c(-c4ccccc4)c(-c4ccccc4)c([Si](C)(C)C)cc3cc2c(-c2ccccc2)c1-c1ccccc1. The molecule has 0 heterocycles. The van der Waals surface area contributed by atoms with Crippen LogP contribution in [-0.4, -0.2) is 16.1 Å². The van der Waals surface area contributed by atoms with Crippen molar-refractivity contribution in [1.82, 2.24) is 0 Å². The largest absolute Gasteiger partial charge is 0.0784 e. The molecule has 226 valence electrons. The third-order valence-corrected chi connectivity index (χ3v) is 13.3. The standard InChI is InChI=1S/C44H42Si2/c1-45(2,3)39-29-35-27-38-36(28-37(35)41(31-19-11-7-12-20-31)43(39)33-23-15-9-16-24-33)30-40(46(4,5)6)44(34-25-17-10-18-26-34)42(38)32-21-13-8-14-22-32/h7-30H,1-6H3. The molecule has 0 saturated carbocycles. The maximum atomic E-state index is 2.54. The van der Waals surface area contributed by atoms with Crippen molar-refractivity contribution in [3.63, 3.8) is 0 Å². The third kappa shape index (κ3) is 5.46. The molecule has 0 unspecified atom stereocenters. The minimum absolute atomic E-state index is 1.28. The fourth-order valence-electron chi connectivity index (χ4n) is 7.10. The van der Waals surface area contributed by atoms with E-state index >= 15 is 0 Å². The Morgan fingerprint density at radius 2 is 0.565 bits per heavy atom. The van der Waals surface area contributed by atoms with Gasteiger partial charge in [0.2, 0.25) is 0 Å². The molecule has 46 heavy (non-hydrogen) atoms. The highest BCUT2D eigenvalue weighted by Crippen LogP contribution is 2.44. The first-order chi connectivity index (χ1) is 22.1. The minimum Gasteiger partial charge on any atom is -0.0656 e. The molecule has 0 bridgehead atoms. The molecule has 2 heteroatoms. The van der Waals surface area contributed by atoms with Gasteiger partial charge in [0.25, 0.3) is 0 Å². The van der Waals surface area contributed by atoms with E-state index in [4.69, 9.17) is 0 Å². The first-order valence-electron chi connectivity index (χ1n) is 16.5. The lowest BCUT2D eigenvalue weighted by Crippen LogP contribution is -2.39. The van der Waals surface area contributed by atoms with Gasteiger partial charge >= 0.3 is 0 Å². The van der Waals surface area contributed by atoms with Crippen LogP contribution in [0.5, 0.6) is 0 Å². The lowest BCUT2D eigenvalue weighted by Gasteiger charge is -2.28. The lowest BCUT2D eigenvalue weighted by molar-refractivity contribution is 1.60. The van der Waals surface area contributed by atoms with Crippen LogP contribution in [0.1, 0.15) is 0 Å². The zero-order valence-corrected chi connectivity index (χ0v) is 29.9. The summed E-state index contributed by atoms with van der Waals surface area (Å²) in [6.07, 6.45) is 0. The summed E-state index contributed by atoms with van der Waals surface area (Å²) in [4.78, 5) is 0. The van der Waals surface area contributed by atoms with E-state index in [0.717, 1.165) is 0 Å². The maximum Gasteiger partial charge on any atom is 0.0784 e. The molecule has 0 atom stereocenters. The van der Waals surface area contributed by atoms with Crippen molar-refractivity contribution in [2.24, 2.45) is 0 Å². The van der Waals surface area contributed by atoms with Crippen LogP contribution in [0, 0.1) is 0 Å². The number of benzene rings is 7. The van der Waals surface area contributed by atoms with Gasteiger partial charge in [-0.05, 0) is 78.2 Å². The highest BCUT2D eigenvalue weighted by atomic mass is 28.3. The molecule has 0 spiro atoms. The molecule has 0 fully saturated rings. The Hall–Kier alpha value is -4.51. The van der Waals surface area contributed by atoms with Gasteiger partial charge in [-0.2, -0.15) is 0 Å². The molecule has 0 aliphatic rings. The Morgan fingerprint density at radius 3 is 0.826 bits per heavy atom. The third-order valence-electron chi connectivity index (χ3n) is 9.26. The van der Waals surface area contributed by atoms with Gasteiger partial charge in [0.1, 0.15) is 0 Å². The van der Waals surface area contributed by atoms with Crippen molar-refractivity contribution in [2.45, 2.75) is 39.3 Å². The van der Waals surface area contributed by atoms with E-state index in [1.807, 2.05) is 0 Å². The van der Waals surface area contributed by atoms with Gasteiger partial charge in [-0.25, -0.2) is 0 Å². The molecule has 0 amide bonds. The van der Waals surface area contributed by atoms with Crippen LogP contribution in [0.2, 0.25) is 39.3 Å². The predicted octanol–water partition coefficient (Wildman–Crippen LogP) is 11.8. The minimum atomic E-state index is -1.78. The molecular weight excluding hydrogens is 585 g/mol. The number of hydrogen-bond acceptors (Lipinski definition) is 0. The zero-order valence-electron chi connectivity index (χ0n) is 27.9. The number of hydrogen-bond donors (Lipinski definition) is 0. The van der Waals surface area contributed by atoms with Crippen LogP contribution in [0.25, 0.3) is 66.1 Å². The quantitative estimate of drug-likeness (QED) is 0.127. The van der Waals surface area contributed by atoms with Gasteiger partial charge in [-0.3, -0.25) is 0 Å². The maximum absolute atomic E-state index is 2.54. The fourth-order valence-corrected chi connectivity index (χ4v) is 10.3. The van der Waals surface area contributed by atoms with Gasteiger partial charge in [0, 0.05) is 0 Å². The summed E-state index contributed by atoms with van der Waals surface area (Å²) < 4.78 is 0. The van der Waals surface area contributed by atoms with E-state index in [2.05, 4.69) is 185 Å². The summed E-state index contributed by atoms with van der Waals surface area (Å²) in [5.74, 6) is 0. The van der Waals surface area contributed by atoms with Crippen LogP contribution in [-0.2, 0) is 0 Å². The molecule has 0 saturated heterocycles. The van der Waals surface area contributed by atoms with E-state index in [0.29, 0.717) is 0 Å². The number of fused-ring (bicyclic) bond motifs is 2. The molecule has 7 rings (SSSR count). The monoisotopic (exact) mass is 626 g/mol. The summed E-state index contributed by atoms with van der Waals surface area (Å²) in [5.41, 5.74) is 10.7. The normalized spacial score (nSPS) is 12.1. The van der Waals surface area contributed by atoms with Crippen molar-refractivity contribution in [3.05, 3.63) is 146 Å². The molecule has 0 nitrogen and oxygen atoms in total. The summed E-state index contributed by atoms with van der Waals surface area (Å²) in [6.45, 7) is 14.9. The predicted molar refractivity (Wildman–Crippen MR) is 209 cm³/mol. The second-order valence-electron chi connectivity index (χ2n) is 14.6. The molecule has 0 aliphatic carbocycles. The molecule has 0 radical (unpaired) electrons. The van der Waals surface area contributed by atoms with Crippen LogP contribution in [0.15, 0.2) is 146 Å². The average Bonchev–Trinajstić information content (AvgIpc) is 3.06. The second kappa shape index (κ2) is 11.7. The Morgan fingerprint density at radius 1 is 0.304 bits per heavy atom. The van der Waals surface area contributed by atoms with E-state index in [1.165, 1.54) is 76.4 Å². The molecule has 0 N–H and O–H groups in total. The molecule has 0 aromatic heterocycles. The lowest BCUT2D eigenvalue weighted by atomic mass is 9.85. The van der Waals surface area contributed by atoms with E-state index in [9.17, 15) is 0 Å². The first kappa shape index (κ1) is 30.2. The Balaban J connectivity index is 1.71. The van der Waals surface area contributed by atoms with Crippen LogP contribution in [0.3, 0.4) is 0 Å². The topological polar surface area (TPSA) is 0 Å². The highest BCUT2D eigenvalue weighted by molar-refractivity contribution is 6.90. The van der Waals surface area contributed by atoms with Gasteiger partial charge in [0.05, 0.1) is 16.1 Å². The Labute approximate surface area is 276 Å².